The third-order valence-corrected chi connectivity index (χ3v) is 7.86. The molecule has 2 amide bonds. The molecule has 2 aromatic heterocycles. The maximum atomic E-state index is 13.4. The molecule has 42 heavy (non-hydrogen) atoms. The van der Waals surface area contributed by atoms with E-state index in [-0.39, 0.29) is 13.1 Å². The summed E-state index contributed by atoms with van der Waals surface area (Å²) >= 11 is 6.29. The minimum atomic E-state index is -0.577. The minimum Gasteiger partial charge on any atom is -0.494 e. The van der Waals surface area contributed by atoms with Crippen molar-refractivity contribution in [2.75, 3.05) is 26.8 Å². The fraction of sp³-hybridized carbons (Fsp3) is 0.355. The second-order valence-electron chi connectivity index (χ2n) is 10.2. The summed E-state index contributed by atoms with van der Waals surface area (Å²) in [5, 5.41) is 11.3. The topological polar surface area (TPSA) is 127 Å². The van der Waals surface area contributed by atoms with Crippen molar-refractivity contribution < 1.29 is 23.9 Å². The van der Waals surface area contributed by atoms with Crippen molar-refractivity contribution in [3.05, 3.63) is 69.1 Å². The van der Waals surface area contributed by atoms with Crippen LogP contribution in [0.15, 0.2) is 30.3 Å². The summed E-state index contributed by atoms with van der Waals surface area (Å²) in [4.78, 5) is 40.3. The van der Waals surface area contributed by atoms with Gasteiger partial charge in [-0.15, -0.1) is 0 Å². The average molecular weight is 594 g/mol. The molecular weight excluding hydrogens is 558 g/mol. The quantitative estimate of drug-likeness (QED) is 0.174. The standard InChI is InChI=1S/C31H36ClN5O5/c1-17-13-21(14-18(2)28(17)32)42-12-8-11-23-22-9-7-10-24(27-19(3)36-37(5)20(27)4)29(22)35-30(23)31(40)34-15-25(38)33-16-26(39)41-6/h7,9-10,13-14,35H,8,11-12,15-16H2,1-6H3,(H,33,38)(H,34,40). The Morgan fingerprint density at radius 3 is 2.40 bits per heavy atom. The van der Waals surface area contributed by atoms with E-state index in [9.17, 15) is 14.4 Å². The summed E-state index contributed by atoms with van der Waals surface area (Å²) in [5.74, 6) is -0.762. The number of aromatic amines is 1. The fourth-order valence-electron chi connectivity index (χ4n) is 5.08. The molecule has 4 rings (SSSR count). The van der Waals surface area contributed by atoms with Crippen molar-refractivity contribution in [3.63, 3.8) is 0 Å². The van der Waals surface area contributed by atoms with E-state index in [1.807, 2.05) is 69.8 Å². The Balaban J connectivity index is 1.61. The van der Waals surface area contributed by atoms with E-state index in [2.05, 4.69) is 25.5 Å². The SMILES string of the molecule is COC(=O)CNC(=O)CNC(=O)c1[nH]c2c(-c3c(C)nn(C)c3C)cccc2c1CCCOc1cc(C)c(Cl)c(C)c1. The van der Waals surface area contributed by atoms with E-state index in [0.29, 0.717) is 25.1 Å². The Bertz CT molecular complexity index is 1630. The average Bonchev–Trinajstić information content (AvgIpc) is 3.46. The molecule has 0 spiro atoms. The number of methoxy groups -OCH3 is 1. The number of halogens is 1. The Morgan fingerprint density at radius 1 is 1.05 bits per heavy atom. The van der Waals surface area contributed by atoms with Crippen LogP contribution in [0.4, 0.5) is 0 Å². The smallest absolute Gasteiger partial charge is 0.325 e. The third-order valence-electron chi connectivity index (χ3n) is 7.26. The molecule has 0 aliphatic rings. The maximum absolute atomic E-state index is 13.4. The molecule has 2 aromatic carbocycles. The number of para-hydroxylation sites is 1. The number of hydrogen-bond donors (Lipinski definition) is 3. The molecule has 2 heterocycles. The number of benzene rings is 2. The van der Waals surface area contributed by atoms with Crippen LogP contribution in [0.3, 0.4) is 0 Å². The van der Waals surface area contributed by atoms with Crippen LogP contribution in [-0.4, -0.2) is 59.4 Å². The van der Waals surface area contributed by atoms with Gasteiger partial charge >= 0.3 is 5.97 Å². The summed E-state index contributed by atoms with van der Waals surface area (Å²) in [6, 6.07) is 9.79. The molecule has 10 nitrogen and oxygen atoms in total. The van der Waals surface area contributed by atoms with Crippen LogP contribution in [-0.2, 0) is 27.8 Å². The van der Waals surface area contributed by atoms with Gasteiger partial charge in [-0.05, 0) is 69.4 Å². The highest BCUT2D eigenvalue weighted by Crippen LogP contribution is 2.35. The fourth-order valence-corrected chi connectivity index (χ4v) is 5.19. The zero-order valence-corrected chi connectivity index (χ0v) is 25.5. The molecule has 0 aliphatic heterocycles. The molecule has 222 valence electrons. The van der Waals surface area contributed by atoms with Crippen LogP contribution in [0.1, 0.15) is 45.0 Å². The molecule has 11 heteroatoms. The Labute approximate surface area is 249 Å². The summed E-state index contributed by atoms with van der Waals surface area (Å²) < 4.78 is 12.4. The van der Waals surface area contributed by atoms with Gasteiger partial charge in [0.1, 0.15) is 18.0 Å². The number of esters is 1. The number of aromatic nitrogens is 3. The summed E-state index contributed by atoms with van der Waals surface area (Å²) in [7, 11) is 3.14. The zero-order chi connectivity index (χ0) is 30.6. The van der Waals surface area contributed by atoms with E-state index in [1.54, 1.807) is 0 Å². The van der Waals surface area contributed by atoms with Crippen molar-refractivity contribution in [2.45, 2.75) is 40.5 Å². The van der Waals surface area contributed by atoms with Crippen LogP contribution in [0.5, 0.6) is 5.75 Å². The monoisotopic (exact) mass is 593 g/mol. The molecule has 0 bridgehead atoms. The first-order valence-electron chi connectivity index (χ1n) is 13.7. The number of nitrogens with zero attached hydrogens (tertiary/aromatic N) is 2. The molecule has 0 saturated carbocycles. The lowest BCUT2D eigenvalue weighted by molar-refractivity contribution is -0.141. The normalized spacial score (nSPS) is 11.0. The van der Waals surface area contributed by atoms with E-state index in [4.69, 9.17) is 16.3 Å². The van der Waals surface area contributed by atoms with Crippen molar-refractivity contribution >= 4 is 40.3 Å². The molecule has 0 aliphatic carbocycles. The lowest BCUT2D eigenvalue weighted by Gasteiger charge is -2.11. The highest BCUT2D eigenvalue weighted by Gasteiger charge is 2.22. The maximum Gasteiger partial charge on any atom is 0.325 e. The molecule has 3 N–H and O–H groups in total. The highest BCUT2D eigenvalue weighted by atomic mass is 35.5. The second kappa shape index (κ2) is 13.1. The predicted octanol–water partition coefficient (Wildman–Crippen LogP) is 4.49. The first kappa shape index (κ1) is 30.6. The number of carbonyl (C=O) groups excluding carboxylic acids is 3. The van der Waals surface area contributed by atoms with Crippen LogP contribution >= 0.6 is 11.6 Å². The van der Waals surface area contributed by atoms with Gasteiger partial charge in [0.2, 0.25) is 5.91 Å². The summed E-state index contributed by atoms with van der Waals surface area (Å²) in [5.41, 5.74) is 7.74. The second-order valence-corrected chi connectivity index (χ2v) is 10.6. The van der Waals surface area contributed by atoms with Gasteiger partial charge in [-0.2, -0.15) is 5.10 Å². The molecular formula is C31H36ClN5O5. The van der Waals surface area contributed by atoms with Gasteiger partial charge in [0, 0.05) is 34.3 Å². The molecule has 0 atom stereocenters. The number of amides is 2. The summed E-state index contributed by atoms with van der Waals surface area (Å²) in [6.45, 7) is 7.72. The Kier molecular flexibility index (Phi) is 9.57. The van der Waals surface area contributed by atoms with E-state index >= 15 is 0 Å². The number of fused-ring (bicyclic) bond motifs is 1. The number of aryl methyl sites for hydroxylation is 5. The molecule has 0 saturated heterocycles. The van der Waals surface area contributed by atoms with Gasteiger partial charge in [-0.1, -0.05) is 29.8 Å². The lowest BCUT2D eigenvalue weighted by atomic mass is 9.98. The number of hydrogen-bond acceptors (Lipinski definition) is 6. The molecule has 0 fully saturated rings. The van der Waals surface area contributed by atoms with Crippen molar-refractivity contribution in [1.82, 2.24) is 25.4 Å². The van der Waals surface area contributed by atoms with Crippen LogP contribution in [0.2, 0.25) is 5.02 Å². The molecule has 0 radical (unpaired) electrons. The van der Waals surface area contributed by atoms with Gasteiger partial charge in [-0.3, -0.25) is 19.1 Å². The van der Waals surface area contributed by atoms with Crippen molar-refractivity contribution in [2.24, 2.45) is 7.05 Å². The first-order valence-corrected chi connectivity index (χ1v) is 14.0. The Morgan fingerprint density at radius 2 is 1.76 bits per heavy atom. The Hall–Kier alpha value is -4.31. The zero-order valence-electron chi connectivity index (χ0n) is 24.7. The van der Waals surface area contributed by atoms with Gasteiger partial charge in [0.25, 0.3) is 5.91 Å². The molecule has 4 aromatic rings. The van der Waals surface area contributed by atoms with Crippen LogP contribution < -0.4 is 15.4 Å². The predicted molar refractivity (Wildman–Crippen MR) is 162 cm³/mol. The number of ether oxygens (including phenoxy) is 2. The van der Waals surface area contributed by atoms with E-state index < -0.39 is 17.8 Å². The lowest BCUT2D eigenvalue weighted by Crippen LogP contribution is -2.39. The third kappa shape index (κ3) is 6.60. The minimum absolute atomic E-state index is 0.275. The van der Waals surface area contributed by atoms with Crippen LogP contribution in [0, 0.1) is 27.7 Å². The van der Waals surface area contributed by atoms with Gasteiger partial charge in [0.05, 0.1) is 31.5 Å². The van der Waals surface area contributed by atoms with Gasteiger partial charge < -0.3 is 25.1 Å². The number of carbonyl (C=O) groups is 3. The van der Waals surface area contributed by atoms with Crippen molar-refractivity contribution in [1.29, 1.82) is 0 Å². The number of H-pyrrole nitrogens is 1. The number of nitrogens with one attached hydrogen (secondary N) is 3. The van der Waals surface area contributed by atoms with Gasteiger partial charge in [-0.25, -0.2) is 0 Å². The van der Waals surface area contributed by atoms with E-state index in [0.717, 1.165) is 60.9 Å². The first-order chi connectivity index (χ1) is 20.0. The largest absolute Gasteiger partial charge is 0.494 e. The molecule has 0 unspecified atom stereocenters. The van der Waals surface area contributed by atoms with Gasteiger partial charge in [0.15, 0.2) is 0 Å². The van der Waals surface area contributed by atoms with Crippen LogP contribution in [0.25, 0.3) is 22.0 Å². The summed E-state index contributed by atoms with van der Waals surface area (Å²) in [6.07, 6.45) is 1.19. The van der Waals surface area contributed by atoms with E-state index in [1.165, 1.54) is 7.11 Å². The van der Waals surface area contributed by atoms with Crippen molar-refractivity contribution in [3.8, 4) is 16.9 Å². The number of rotatable bonds is 11. The highest BCUT2D eigenvalue weighted by molar-refractivity contribution is 6.32.